The third kappa shape index (κ3) is 7.08. The highest BCUT2D eigenvalue weighted by Gasteiger charge is 2.22. The first-order chi connectivity index (χ1) is 34.5. The molecule has 322 valence electrons. The fourth-order valence-corrected chi connectivity index (χ4v) is 10.6. The van der Waals surface area contributed by atoms with Gasteiger partial charge in [0.2, 0.25) is 0 Å². The Labute approximate surface area is 406 Å². The van der Waals surface area contributed by atoms with Gasteiger partial charge in [0, 0.05) is 47.6 Å². The monoisotopic (exact) mass is 908 g/mol. The van der Waals surface area contributed by atoms with Gasteiger partial charge in [-0.2, -0.15) is 10.5 Å². The van der Waals surface area contributed by atoms with Crippen molar-refractivity contribution in [1.29, 1.82) is 10.5 Å². The van der Waals surface area contributed by atoms with Crippen LogP contribution in [0.25, 0.3) is 125 Å². The lowest BCUT2D eigenvalue weighted by molar-refractivity contribution is 1.06. The summed E-state index contributed by atoms with van der Waals surface area (Å²) in [4.78, 5) is 23.0. The molecule has 12 rings (SSSR count). The van der Waals surface area contributed by atoms with E-state index >= 15 is 0 Å². The van der Waals surface area contributed by atoms with Crippen LogP contribution in [-0.2, 0) is 0 Å². The lowest BCUT2D eigenvalue weighted by atomic mass is 9.96. The molecule has 0 aliphatic rings. The molecule has 0 fully saturated rings. The van der Waals surface area contributed by atoms with Crippen LogP contribution in [0.1, 0.15) is 11.1 Å². The van der Waals surface area contributed by atoms with Gasteiger partial charge in [0.15, 0.2) is 28.8 Å². The van der Waals surface area contributed by atoms with Gasteiger partial charge in [0.25, 0.3) is 0 Å². The smallest absolute Gasteiger partial charge is 0.184 e. The van der Waals surface area contributed by atoms with Crippen molar-refractivity contribution >= 4 is 64.7 Å². The molecule has 12 aromatic rings. The van der Waals surface area contributed by atoms with Crippen molar-refractivity contribution in [2.45, 2.75) is 0 Å². The van der Waals surface area contributed by atoms with Crippen molar-refractivity contribution in [1.82, 2.24) is 19.5 Å². The van der Waals surface area contributed by atoms with E-state index in [-0.39, 0.29) is 0 Å². The third-order valence-electron chi connectivity index (χ3n) is 12.8. The van der Waals surface area contributed by atoms with Gasteiger partial charge in [0.1, 0.15) is 0 Å². The molecule has 0 radical (unpaired) electrons. The summed E-state index contributed by atoms with van der Waals surface area (Å²) in [7, 11) is 0. The molecule has 0 aliphatic carbocycles. The average Bonchev–Trinajstić information content (AvgIpc) is 3.97. The van der Waals surface area contributed by atoms with Gasteiger partial charge in [-0.3, -0.25) is 0 Å². The van der Waals surface area contributed by atoms with E-state index in [0.29, 0.717) is 51.1 Å². The summed E-state index contributed by atoms with van der Waals surface area (Å²) in [6.45, 7) is 15.6. The summed E-state index contributed by atoms with van der Waals surface area (Å²) in [5, 5.41) is 24.2. The van der Waals surface area contributed by atoms with E-state index in [1.54, 1.807) is 35.6 Å². The van der Waals surface area contributed by atoms with Crippen LogP contribution < -0.4 is 0 Å². The Morgan fingerprint density at radius 3 is 1.70 bits per heavy atom. The van der Waals surface area contributed by atoms with E-state index < -0.39 is 0 Å². The first-order valence-corrected chi connectivity index (χ1v) is 23.2. The lowest BCUT2D eigenvalue weighted by Crippen LogP contribution is -2.04. The maximum absolute atomic E-state index is 10.3. The molecule has 8 nitrogen and oxygen atoms in total. The van der Waals surface area contributed by atoms with E-state index in [1.807, 2.05) is 84.9 Å². The molecule has 0 aliphatic heterocycles. The number of nitriles is 2. The quantitative estimate of drug-likeness (QED) is 0.148. The molecule has 0 saturated heterocycles. The van der Waals surface area contributed by atoms with Crippen molar-refractivity contribution in [3.8, 4) is 85.4 Å². The fraction of sp³-hybridized carbons (Fsp3) is 0. The highest BCUT2D eigenvalue weighted by Crippen LogP contribution is 2.44. The molecule has 0 amide bonds. The number of thiophene rings is 1. The van der Waals surface area contributed by atoms with Crippen LogP contribution in [0.5, 0.6) is 0 Å². The van der Waals surface area contributed by atoms with E-state index in [9.17, 15) is 10.5 Å². The zero-order valence-electron chi connectivity index (χ0n) is 37.0. The van der Waals surface area contributed by atoms with Crippen molar-refractivity contribution in [3.63, 3.8) is 0 Å². The Hall–Kier alpha value is -10.0. The average molecular weight is 909 g/mol. The zero-order chi connectivity index (χ0) is 47.3. The number of fused-ring (bicyclic) bond motifs is 6. The molecule has 0 bridgehead atoms. The molecular formula is C61H32N8S. The van der Waals surface area contributed by atoms with E-state index in [4.69, 9.17) is 28.1 Å². The minimum absolute atomic E-state index is 0.388. The molecule has 0 atom stereocenters. The molecule has 9 heteroatoms. The summed E-state index contributed by atoms with van der Waals surface area (Å²) in [6, 6.07) is 68.8. The minimum Gasteiger partial charge on any atom is -0.308 e. The summed E-state index contributed by atoms with van der Waals surface area (Å²) in [5.41, 5.74) is 11.8. The van der Waals surface area contributed by atoms with E-state index in [2.05, 4.69) is 111 Å². The van der Waals surface area contributed by atoms with Crippen molar-refractivity contribution < 1.29 is 0 Å². The lowest BCUT2D eigenvalue weighted by Gasteiger charge is -2.17. The second-order valence-electron chi connectivity index (χ2n) is 16.8. The van der Waals surface area contributed by atoms with E-state index in [1.165, 1.54) is 20.2 Å². The topological polar surface area (TPSA) is 99.9 Å². The van der Waals surface area contributed by atoms with Crippen LogP contribution >= 0.6 is 11.3 Å². The summed E-state index contributed by atoms with van der Waals surface area (Å²) in [6.07, 6.45) is 0. The van der Waals surface area contributed by atoms with Crippen LogP contribution in [0.4, 0.5) is 11.4 Å². The van der Waals surface area contributed by atoms with Crippen LogP contribution in [0.15, 0.2) is 194 Å². The number of hydrogen-bond donors (Lipinski definition) is 0. The van der Waals surface area contributed by atoms with Crippen molar-refractivity contribution in [2.24, 2.45) is 0 Å². The number of rotatable bonds is 7. The number of hydrogen-bond acceptors (Lipinski definition) is 6. The van der Waals surface area contributed by atoms with Gasteiger partial charge >= 0.3 is 0 Å². The first kappa shape index (κ1) is 41.4. The molecule has 0 saturated carbocycles. The number of nitrogens with zero attached hydrogens (tertiary/aromatic N) is 8. The Morgan fingerprint density at radius 1 is 0.429 bits per heavy atom. The standard InChI is InChI=1S/C61H32N8S/c1-64-45-22-25-47(53(34-45)65-2)43-21-28-55-51(32-43)50-31-42(46-23-17-37(35-62)29-44(46)36-63)20-27-54(50)69(55)56-26-19-40(41-18-24-49-48-15-9-10-16-57(48)70-58(49)33-41)30-52(56)61-67-59(38-11-5-3-6-12-38)66-60(68-61)39-13-7-4-8-14-39/h3-34H. The van der Waals surface area contributed by atoms with Crippen LogP contribution in [0, 0.1) is 35.8 Å². The molecule has 9 aromatic carbocycles. The normalized spacial score (nSPS) is 11.1. The number of benzene rings is 9. The highest BCUT2D eigenvalue weighted by atomic mass is 32.1. The van der Waals surface area contributed by atoms with Crippen LogP contribution in [0.3, 0.4) is 0 Å². The maximum atomic E-state index is 10.3. The van der Waals surface area contributed by atoms with Crippen molar-refractivity contribution in [2.75, 3.05) is 0 Å². The number of aromatic nitrogens is 4. The van der Waals surface area contributed by atoms with Gasteiger partial charge < -0.3 is 4.57 Å². The molecule has 0 N–H and O–H groups in total. The van der Waals surface area contributed by atoms with E-state index in [0.717, 1.165) is 66.4 Å². The summed E-state index contributed by atoms with van der Waals surface area (Å²) < 4.78 is 4.68. The largest absolute Gasteiger partial charge is 0.308 e. The Morgan fingerprint density at radius 2 is 1.03 bits per heavy atom. The fourth-order valence-electron chi connectivity index (χ4n) is 9.43. The van der Waals surface area contributed by atoms with Crippen LogP contribution in [-0.4, -0.2) is 19.5 Å². The molecule has 70 heavy (non-hydrogen) atoms. The molecule has 3 heterocycles. The molecule has 3 aromatic heterocycles. The van der Waals surface area contributed by atoms with Gasteiger partial charge in [-0.05, 0) is 94.0 Å². The maximum Gasteiger partial charge on any atom is 0.184 e. The molecule has 0 unspecified atom stereocenters. The van der Waals surface area contributed by atoms with Gasteiger partial charge in [-0.25, -0.2) is 24.6 Å². The minimum atomic E-state index is 0.388. The Balaban J connectivity index is 1.15. The summed E-state index contributed by atoms with van der Waals surface area (Å²) in [5.74, 6) is 1.58. The first-order valence-electron chi connectivity index (χ1n) is 22.3. The molecular weight excluding hydrogens is 877 g/mol. The molecule has 0 spiro atoms. The predicted molar refractivity (Wildman–Crippen MR) is 282 cm³/mol. The van der Waals surface area contributed by atoms with Crippen LogP contribution in [0.2, 0.25) is 0 Å². The SMILES string of the molecule is [C-]#[N+]c1ccc(-c2ccc3c(c2)c2cc(-c4ccc(C#N)cc4C#N)ccc2n3-c2ccc(-c3ccc4c(c3)sc3ccccc34)cc2-c2nc(-c3ccccc3)nc(-c3ccccc3)n2)c([N+]#[C-])c1. The Kier molecular flexibility index (Phi) is 10.1. The van der Waals surface area contributed by atoms with Gasteiger partial charge in [-0.15, -0.1) is 11.3 Å². The Bertz CT molecular complexity index is 4100. The highest BCUT2D eigenvalue weighted by molar-refractivity contribution is 7.25. The van der Waals surface area contributed by atoms with Gasteiger partial charge in [-0.1, -0.05) is 133 Å². The zero-order valence-corrected chi connectivity index (χ0v) is 37.8. The second-order valence-corrected chi connectivity index (χ2v) is 17.9. The predicted octanol–water partition coefficient (Wildman–Crippen LogP) is 16.2. The summed E-state index contributed by atoms with van der Waals surface area (Å²) >= 11 is 1.78. The third-order valence-corrected chi connectivity index (χ3v) is 13.9. The second kappa shape index (κ2) is 17.0. The van der Waals surface area contributed by atoms with Crippen molar-refractivity contribution in [3.05, 3.63) is 228 Å². The van der Waals surface area contributed by atoms with Gasteiger partial charge in [0.05, 0.1) is 53.1 Å².